The molecule has 0 aliphatic carbocycles. The van der Waals surface area contributed by atoms with Crippen molar-refractivity contribution in [2.24, 2.45) is 0 Å². The van der Waals surface area contributed by atoms with Crippen molar-refractivity contribution in [1.82, 2.24) is 10.3 Å². The van der Waals surface area contributed by atoms with Gasteiger partial charge in [-0.3, -0.25) is 4.98 Å². The van der Waals surface area contributed by atoms with E-state index in [4.69, 9.17) is 16.3 Å². The van der Waals surface area contributed by atoms with Crippen molar-refractivity contribution in [3.63, 3.8) is 0 Å². The second-order valence-electron chi connectivity index (χ2n) is 5.19. The van der Waals surface area contributed by atoms with Gasteiger partial charge in [-0.25, -0.2) is 4.79 Å². The Morgan fingerprint density at radius 2 is 2.00 bits per heavy atom. The van der Waals surface area contributed by atoms with E-state index in [1.165, 1.54) is 36.7 Å². The van der Waals surface area contributed by atoms with Crippen molar-refractivity contribution < 1.29 is 22.7 Å². The lowest BCUT2D eigenvalue weighted by molar-refractivity contribution is -0.139. The normalized spacial score (nSPS) is 12.5. The Hall–Kier alpha value is -2.28. The largest absolute Gasteiger partial charge is 0.436 e. The molecule has 25 heavy (non-hydrogen) atoms. The number of alkyl carbamates (subject to hydrolysis) is 1. The molecular formula is C17H16ClF3N2O2. The topological polar surface area (TPSA) is 51.2 Å². The molecule has 0 aliphatic rings. The highest BCUT2D eigenvalue weighted by Gasteiger charge is 2.37. The Morgan fingerprint density at radius 1 is 1.28 bits per heavy atom. The zero-order valence-electron chi connectivity index (χ0n) is 13.3. The average molecular weight is 373 g/mol. The molecule has 0 fully saturated rings. The highest BCUT2D eigenvalue weighted by Crippen LogP contribution is 2.39. The van der Waals surface area contributed by atoms with Crippen LogP contribution in [-0.4, -0.2) is 17.6 Å². The number of alkyl halides is 3. The number of benzene rings is 1. The smallest absolute Gasteiger partial charge is 0.416 e. The summed E-state index contributed by atoms with van der Waals surface area (Å²) in [6.07, 6.45) is -3.43. The summed E-state index contributed by atoms with van der Waals surface area (Å²) in [6, 6.07) is 6.32. The van der Waals surface area contributed by atoms with Crippen LogP contribution in [0.5, 0.6) is 0 Å². The van der Waals surface area contributed by atoms with E-state index in [1.807, 2.05) is 6.92 Å². The van der Waals surface area contributed by atoms with Crippen LogP contribution < -0.4 is 5.32 Å². The van der Waals surface area contributed by atoms with Gasteiger partial charge in [0, 0.05) is 30.1 Å². The second-order valence-corrected chi connectivity index (χ2v) is 5.60. The number of aromatic nitrogens is 1. The lowest BCUT2D eigenvalue weighted by Gasteiger charge is -2.23. The number of rotatable bonds is 5. The lowest BCUT2D eigenvalue weighted by Crippen LogP contribution is -2.28. The van der Waals surface area contributed by atoms with Crippen LogP contribution in [0.4, 0.5) is 18.0 Å². The van der Waals surface area contributed by atoms with Crippen LogP contribution in [0, 0.1) is 0 Å². The lowest BCUT2D eigenvalue weighted by atomic mass is 9.97. The fraction of sp³-hybridized carbons (Fsp3) is 0.294. The van der Waals surface area contributed by atoms with Gasteiger partial charge < -0.3 is 10.1 Å². The van der Waals surface area contributed by atoms with E-state index in [9.17, 15) is 18.0 Å². The summed E-state index contributed by atoms with van der Waals surface area (Å²) in [5.41, 5.74) is -0.938. The third-order valence-electron chi connectivity index (χ3n) is 3.37. The number of carbonyl (C=O) groups is 1. The van der Waals surface area contributed by atoms with Gasteiger partial charge >= 0.3 is 12.3 Å². The molecule has 2 rings (SSSR count). The molecule has 8 heteroatoms. The van der Waals surface area contributed by atoms with Crippen LogP contribution in [-0.2, 0) is 10.9 Å². The van der Waals surface area contributed by atoms with Gasteiger partial charge in [-0.05, 0) is 18.6 Å². The first-order valence-electron chi connectivity index (χ1n) is 7.54. The molecule has 0 radical (unpaired) electrons. The monoisotopic (exact) mass is 372 g/mol. The number of nitrogens with zero attached hydrogens (tertiary/aromatic N) is 1. The summed E-state index contributed by atoms with van der Waals surface area (Å²) >= 11 is 6.09. The predicted molar refractivity (Wildman–Crippen MR) is 87.3 cm³/mol. The van der Waals surface area contributed by atoms with Gasteiger partial charge in [-0.15, -0.1) is 0 Å². The van der Waals surface area contributed by atoms with E-state index in [1.54, 1.807) is 0 Å². The standard InChI is InChI=1S/C17H16ClF3N2O2/c1-2-8-23-16(24)25-15(12-10-22-9-7-14(12)18)11-5-3-4-6-13(11)17(19,20)21/h3-7,9-10,15H,2,8H2,1H3,(H,23,24). The van der Waals surface area contributed by atoms with Gasteiger partial charge in [0.15, 0.2) is 6.10 Å². The molecular weight excluding hydrogens is 357 g/mol. The van der Waals surface area contributed by atoms with Crippen LogP contribution in [0.25, 0.3) is 0 Å². The predicted octanol–water partition coefficient (Wildman–Crippen LogP) is 4.98. The molecule has 0 bridgehead atoms. The van der Waals surface area contributed by atoms with E-state index in [2.05, 4.69) is 10.3 Å². The summed E-state index contributed by atoms with van der Waals surface area (Å²) in [7, 11) is 0. The molecule has 1 amide bonds. The first kappa shape index (κ1) is 19.1. The number of amides is 1. The zero-order valence-corrected chi connectivity index (χ0v) is 14.1. The molecule has 1 aromatic heterocycles. The van der Waals surface area contributed by atoms with Crippen LogP contribution >= 0.6 is 11.6 Å². The van der Waals surface area contributed by atoms with E-state index in [-0.39, 0.29) is 16.1 Å². The third-order valence-corrected chi connectivity index (χ3v) is 3.72. The van der Waals surface area contributed by atoms with Crippen molar-refractivity contribution in [2.45, 2.75) is 25.6 Å². The highest BCUT2D eigenvalue weighted by atomic mass is 35.5. The number of pyridine rings is 1. The Morgan fingerprint density at radius 3 is 2.64 bits per heavy atom. The maximum Gasteiger partial charge on any atom is 0.416 e. The van der Waals surface area contributed by atoms with Crippen molar-refractivity contribution >= 4 is 17.7 Å². The van der Waals surface area contributed by atoms with Crippen molar-refractivity contribution in [3.05, 3.63) is 64.4 Å². The quantitative estimate of drug-likeness (QED) is 0.805. The van der Waals surface area contributed by atoms with Gasteiger partial charge in [-0.1, -0.05) is 36.7 Å². The van der Waals surface area contributed by atoms with E-state index in [0.29, 0.717) is 13.0 Å². The van der Waals surface area contributed by atoms with Crippen LogP contribution in [0.1, 0.15) is 36.1 Å². The van der Waals surface area contributed by atoms with Gasteiger partial charge in [0.25, 0.3) is 0 Å². The minimum atomic E-state index is -4.60. The maximum absolute atomic E-state index is 13.4. The molecule has 1 aromatic carbocycles. The van der Waals surface area contributed by atoms with E-state index < -0.39 is 23.9 Å². The molecule has 0 saturated heterocycles. The summed E-state index contributed by atoms with van der Waals surface area (Å²) in [4.78, 5) is 15.8. The Bertz CT molecular complexity index is 738. The van der Waals surface area contributed by atoms with Crippen LogP contribution in [0.3, 0.4) is 0 Å². The average Bonchev–Trinajstić information content (AvgIpc) is 2.58. The van der Waals surface area contributed by atoms with Crippen molar-refractivity contribution in [3.8, 4) is 0 Å². The van der Waals surface area contributed by atoms with Gasteiger partial charge in [0.2, 0.25) is 0 Å². The summed E-state index contributed by atoms with van der Waals surface area (Å²) in [5.74, 6) is 0. The van der Waals surface area contributed by atoms with Crippen LogP contribution in [0.2, 0.25) is 5.02 Å². The molecule has 2 aromatic rings. The first-order chi connectivity index (χ1) is 11.8. The van der Waals surface area contributed by atoms with Crippen LogP contribution in [0.15, 0.2) is 42.7 Å². The second kappa shape index (κ2) is 8.20. The summed E-state index contributed by atoms with van der Waals surface area (Å²) in [5, 5.41) is 2.63. The fourth-order valence-corrected chi connectivity index (χ4v) is 2.44. The van der Waals surface area contributed by atoms with Gasteiger partial charge in [-0.2, -0.15) is 13.2 Å². The molecule has 134 valence electrons. The first-order valence-corrected chi connectivity index (χ1v) is 7.92. The fourth-order valence-electron chi connectivity index (χ4n) is 2.24. The molecule has 1 heterocycles. The third kappa shape index (κ3) is 4.85. The Labute approximate surface area is 148 Å². The minimum Gasteiger partial charge on any atom is -0.436 e. The number of hydrogen-bond donors (Lipinski definition) is 1. The number of ether oxygens (including phenoxy) is 1. The molecule has 0 saturated carbocycles. The summed E-state index contributed by atoms with van der Waals surface area (Å²) < 4.78 is 45.3. The minimum absolute atomic E-state index is 0.153. The Kier molecular flexibility index (Phi) is 6.25. The zero-order chi connectivity index (χ0) is 18.4. The maximum atomic E-state index is 13.4. The highest BCUT2D eigenvalue weighted by molar-refractivity contribution is 6.31. The van der Waals surface area contributed by atoms with E-state index >= 15 is 0 Å². The van der Waals surface area contributed by atoms with Gasteiger partial charge in [0.1, 0.15) is 0 Å². The SMILES string of the molecule is CCCNC(=O)OC(c1cnccc1Cl)c1ccccc1C(F)(F)F. The molecule has 0 aliphatic heterocycles. The molecule has 0 spiro atoms. The number of carbonyl (C=O) groups excluding carboxylic acids is 1. The van der Waals surface area contributed by atoms with Crippen molar-refractivity contribution in [1.29, 1.82) is 0 Å². The molecule has 1 atom stereocenters. The Balaban J connectivity index is 2.50. The molecule has 1 N–H and O–H groups in total. The molecule has 4 nitrogen and oxygen atoms in total. The van der Waals surface area contributed by atoms with E-state index in [0.717, 1.165) is 6.07 Å². The number of halogens is 4. The number of hydrogen-bond acceptors (Lipinski definition) is 3. The van der Waals surface area contributed by atoms with Crippen molar-refractivity contribution in [2.75, 3.05) is 6.54 Å². The number of nitrogens with one attached hydrogen (secondary N) is 1. The summed E-state index contributed by atoms with van der Waals surface area (Å²) in [6.45, 7) is 2.18. The van der Waals surface area contributed by atoms with Gasteiger partial charge in [0.05, 0.1) is 10.6 Å². The molecule has 1 unspecified atom stereocenters.